The summed E-state index contributed by atoms with van der Waals surface area (Å²) in [6, 6.07) is 0.351. The first-order chi connectivity index (χ1) is 9.15. The molecule has 0 bridgehead atoms. The minimum Gasteiger partial charge on any atom is -0.382 e. The summed E-state index contributed by atoms with van der Waals surface area (Å²) in [5.74, 6) is 0.972. The molecule has 0 radical (unpaired) electrons. The van der Waals surface area contributed by atoms with Gasteiger partial charge in [-0.05, 0) is 31.6 Å². The first-order valence-electron chi connectivity index (χ1n) is 6.52. The maximum atomic E-state index is 10.2. The van der Waals surface area contributed by atoms with Crippen LogP contribution < -0.4 is 11.5 Å². The summed E-state index contributed by atoms with van der Waals surface area (Å²) in [6.07, 6.45) is 6.08. The molecule has 110 valence electrons. The number of anilines is 1. The Morgan fingerprint density at radius 2 is 2.10 bits per heavy atom. The van der Waals surface area contributed by atoms with Gasteiger partial charge in [0.05, 0.1) is 6.33 Å². The van der Waals surface area contributed by atoms with Crippen molar-refractivity contribution in [1.29, 1.82) is 0 Å². The van der Waals surface area contributed by atoms with E-state index in [4.69, 9.17) is 11.5 Å². The number of nitrogens with two attached hydrogens (primary N) is 2. The van der Waals surface area contributed by atoms with E-state index in [1.807, 2.05) is 0 Å². The molecule has 7 heteroatoms. The first-order valence-corrected chi connectivity index (χ1v) is 6.52. The lowest BCUT2D eigenvalue weighted by atomic mass is 9.78. The predicted octanol–water partition coefficient (Wildman–Crippen LogP) is 1.05. The van der Waals surface area contributed by atoms with E-state index in [1.54, 1.807) is 10.9 Å². The van der Waals surface area contributed by atoms with Gasteiger partial charge in [-0.15, -0.1) is 0 Å². The Kier molecular flexibility index (Phi) is 4.20. The highest BCUT2D eigenvalue weighted by Gasteiger charge is 2.26. The molecule has 0 saturated heterocycles. The van der Waals surface area contributed by atoms with E-state index in [2.05, 4.69) is 15.0 Å². The van der Waals surface area contributed by atoms with Crippen LogP contribution in [0.5, 0.6) is 0 Å². The Morgan fingerprint density at radius 1 is 1.35 bits per heavy atom. The number of hydrogen-bond donors (Lipinski definition) is 3. The van der Waals surface area contributed by atoms with E-state index in [-0.39, 0.29) is 7.43 Å². The van der Waals surface area contributed by atoms with Crippen molar-refractivity contribution in [3.05, 3.63) is 12.7 Å². The average Bonchev–Trinajstić information content (AvgIpc) is 2.78. The minimum absolute atomic E-state index is 0. The second-order valence-electron chi connectivity index (χ2n) is 5.24. The van der Waals surface area contributed by atoms with Crippen molar-refractivity contribution in [2.24, 2.45) is 11.7 Å². The van der Waals surface area contributed by atoms with Gasteiger partial charge in [0.1, 0.15) is 18.1 Å². The first kappa shape index (κ1) is 14.7. The van der Waals surface area contributed by atoms with Crippen molar-refractivity contribution in [1.82, 2.24) is 19.5 Å². The third-order valence-electron chi connectivity index (χ3n) is 3.81. The van der Waals surface area contributed by atoms with Gasteiger partial charge in [0.15, 0.2) is 11.5 Å². The summed E-state index contributed by atoms with van der Waals surface area (Å²) in [5, 5.41) is 10.2. The molecular formula is C13H22N6O. The molecule has 0 aliphatic heterocycles. The monoisotopic (exact) mass is 278 g/mol. The van der Waals surface area contributed by atoms with Gasteiger partial charge in [0, 0.05) is 6.04 Å². The van der Waals surface area contributed by atoms with E-state index < -0.39 is 6.23 Å². The molecule has 1 aliphatic carbocycles. The van der Waals surface area contributed by atoms with E-state index in [0.29, 0.717) is 35.4 Å². The van der Waals surface area contributed by atoms with Crippen LogP contribution in [0.4, 0.5) is 5.82 Å². The number of imidazole rings is 1. The Morgan fingerprint density at radius 3 is 2.80 bits per heavy atom. The fourth-order valence-corrected chi connectivity index (χ4v) is 2.63. The second-order valence-corrected chi connectivity index (χ2v) is 5.24. The number of rotatable bonds is 4. The molecule has 1 unspecified atom stereocenters. The van der Waals surface area contributed by atoms with E-state index in [0.717, 1.165) is 19.3 Å². The van der Waals surface area contributed by atoms with Gasteiger partial charge in [0.2, 0.25) is 0 Å². The summed E-state index contributed by atoms with van der Waals surface area (Å²) < 4.78 is 1.64. The number of nitrogen functional groups attached to an aromatic ring is 1. The molecule has 3 rings (SSSR count). The SMILES string of the molecule is C.Nc1ncnc2c1ncn2C(O)CCC1CC(N)C1. The number of fused-ring (bicyclic) bond motifs is 1. The van der Waals surface area contributed by atoms with Crippen LogP contribution in [0.2, 0.25) is 0 Å². The van der Waals surface area contributed by atoms with Crippen molar-refractivity contribution in [2.75, 3.05) is 5.73 Å². The number of hydrogen-bond acceptors (Lipinski definition) is 6. The normalized spacial score (nSPS) is 23.1. The van der Waals surface area contributed by atoms with Crippen molar-refractivity contribution in [3.8, 4) is 0 Å². The minimum atomic E-state index is -0.629. The highest BCUT2D eigenvalue weighted by molar-refractivity contribution is 5.81. The lowest BCUT2D eigenvalue weighted by Crippen LogP contribution is -2.36. The van der Waals surface area contributed by atoms with Gasteiger partial charge in [-0.2, -0.15) is 0 Å². The Balaban J connectivity index is 0.00000147. The number of aliphatic hydroxyl groups excluding tert-OH is 1. The standard InChI is InChI=1S/C12H18N6O.CH4/c13-8-3-7(4-8)1-2-9(19)18-6-17-10-11(14)15-5-16-12(10)18;/h5-9,19H,1-4,13H2,(H2,14,15,16);1H4. The highest BCUT2D eigenvalue weighted by Crippen LogP contribution is 2.32. The molecule has 2 aromatic rings. The molecule has 1 fully saturated rings. The smallest absolute Gasteiger partial charge is 0.167 e. The molecule has 0 aromatic carbocycles. The Labute approximate surface area is 118 Å². The van der Waals surface area contributed by atoms with E-state index in [9.17, 15) is 5.11 Å². The van der Waals surface area contributed by atoms with Gasteiger partial charge in [-0.25, -0.2) is 15.0 Å². The van der Waals surface area contributed by atoms with Crippen LogP contribution >= 0.6 is 0 Å². The number of aliphatic hydroxyl groups is 1. The van der Waals surface area contributed by atoms with Crippen molar-refractivity contribution in [3.63, 3.8) is 0 Å². The van der Waals surface area contributed by atoms with Gasteiger partial charge in [0.25, 0.3) is 0 Å². The maximum absolute atomic E-state index is 10.2. The fourth-order valence-electron chi connectivity index (χ4n) is 2.63. The molecule has 2 heterocycles. The highest BCUT2D eigenvalue weighted by atomic mass is 16.3. The van der Waals surface area contributed by atoms with Crippen LogP contribution in [-0.2, 0) is 0 Å². The Bertz CT molecular complexity index is 577. The summed E-state index contributed by atoms with van der Waals surface area (Å²) in [5.41, 5.74) is 12.6. The van der Waals surface area contributed by atoms with Gasteiger partial charge in [-0.1, -0.05) is 7.43 Å². The zero-order chi connectivity index (χ0) is 13.4. The summed E-state index contributed by atoms with van der Waals surface area (Å²) in [6.45, 7) is 0. The molecule has 1 aliphatic rings. The molecule has 0 spiro atoms. The molecule has 7 nitrogen and oxygen atoms in total. The largest absolute Gasteiger partial charge is 0.382 e. The summed E-state index contributed by atoms with van der Waals surface area (Å²) >= 11 is 0. The maximum Gasteiger partial charge on any atom is 0.167 e. The molecule has 2 aromatic heterocycles. The third kappa shape index (κ3) is 2.59. The topological polar surface area (TPSA) is 116 Å². The number of aromatic nitrogens is 4. The zero-order valence-corrected chi connectivity index (χ0v) is 10.6. The fraction of sp³-hybridized carbons (Fsp3) is 0.615. The molecule has 1 atom stereocenters. The predicted molar refractivity (Wildman–Crippen MR) is 77.7 cm³/mol. The van der Waals surface area contributed by atoms with Crippen molar-refractivity contribution < 1.29 is 5.11 Å². The molecule has 1 saturated carbocycles. The van der Waals surface area contributed by atoms with Gasteiger partial charge >= 0.3 is 0 Å². The summed E-state index contributed by atoms with van der Waals surface area (Å²) in [4.78, 5) is 12.2. The lowest BCUT2D eigenvalue weighted by Gasteiger charge is -2.33. The zero-order valence-electron chi connectivity index (χ0n) is 10.6. The van der Waals surface area contributed by atoms with Crippen LogP contribution in [0, 0.1) is 5.92 Å². The summed E-state index contributed by atoms with van der Waals surface area (Å²) in [7, 11) is 0. The second kappa shape index (κ2) is 5.72. The van der Waals surface area contributed by atoms with Crippen molar-refractivity contribution in [2.45, 2.75) is 45.4 Å². The third-order valence-corrected chi connectivity index (χ3v) is 3.81. The van der Waals surface area contributed by atoms with Crippen LogP contribution in [0.25, 0.3) is 11.2 Å². The van der Waals surface area contributed by atoms with Crippen LogP contribution in [0.1, 0.15) is 39.3 Å². The molecular weight excluding hydrogens is 256 g/mol. The molecule has 0 amide bonds. The van der Waals surface area contributed by atoms with Crippen LogP contribution in [0.15, 0.2) is 12.7 Å². The Hall–Kier alpha value is -1.73. The lowest BCUT2D eigenvalue weighted by molar-refractivity contribution is 0.0811. The molecule has 20 heavy (non-hydrogen) atoms. The van der Waals surface area contributed by atoms with Gasteiger partial charge in [-0.3, -0.25) is 4.57 Å². The molecule has 5 N–H and O–H groups in total. The number of nitrogens with zero attached hydrogens (tertiary/aromatic N) is 4. The van der Waals surface area contributed by atoms with Gasteiger partial charge < -0.3 is 16.6 Å². The van der Waals surface area contributed by atoms with E-state index in [1.165, 1.54) is 6.33 Å². The van der Waals surface area contributed by atoms with E-state index >= 15 is 0 Å². The van der Waals surface area contributed by atoms with Crippen LogP contribution in [0.3, 0.4) is 0 Å². The average molecular weight is 278 g/mol. The van der Waals surface area contributed by atoms with Crippen molar-refractivity contribution >= 4 is 17.0 Å². The quantitative estimate of drug-likeness (QED) is 0.770. The van der Waals surface area contributed by atoms with Crippen LogP contribution in [-0.4, -0.2) is 30.7 Å².